The molecule has 0 atom stereocenters. The molecule has 5 nitrogen and oxygen atoms in total. The maximum Gasteiger partial charge on any atom is 0.333 e. The Kier molecular flexibility index (Phi) is 5.85. The monoisotopic (exact) mass is 254 g/mol. The van der Waals surface area contributed by atoms with Gasteiger partial charge >= 0.3 is 5.97 Å². The highest BCUT2D eigenvalue weighted by Crippen LogP contribution is 2.06. The highest BCUT2D eigenvalue weighted by atomic mass is 16.5. The molecule has 0 aromatic heterocycles. The standard InChI is InChI=1S/C13H22N2O3/c1-4-12(13(17)18-3)5-6-14-7-9-15(10-8-14)11(2)16/h5H,4,6-10H2,1-3H3. The van der Waals surface area contributed by atoms with E-state index in [2.05, 4.69) is 4.90 Å². The molecule has 0 aromatic rings. The molecule has 0 spiro atoms. The quantitative estimate of drug-likeness (QED) is 0.546. The number of nitrogens with zero attached hydrogens (tertiary/aromatic N) is 2. The smallest absolute Gasteiger partial charge is 0.333 e. The third kappa shape index (κ3) is 4.14. The predicted molar refractivity (Wildman–Crippen MR) is 69.1 cm³/mol. The van der Waals surface area contributed by atoms with Crippen LogP contribution in [0.25, 0.3) is 0 Å². The van der Waals surface area contributed by atoms with Gasteiger partial charge in [0.1, 0.15) is 0 Å². The third-order valence-electron chi connectivity index (χ3n) is 3.24. The van der Waals surface area contributed by atoms with Crippen molar-refractivity contribution >= 4 is 11.9 Å². The van der Waals surface area contributed by atoms with E-state index >= 15 is 0 Å². The third-order valence-corrected chi connectivity index (χ3v) is 3.24. The van der Waals surface area contributed by atoms with Crippen molar-refractivity contribution in [3.63, 3.8) is 0 Å². The lowest BCUT2D eigenvalue weighted by molar-refractivity contribution is -0.136. The SMILES string of the molecule is CCC(=CCN1CCN(C(C)=O)CC1)C(=O)OC. The number of ether oxygens (including phenoxy) is 1. The molecule has 1 fully saturated rings. The minimum atomic E-state index is -0.250. The van der Waals surface area contributed by atoms with Crippen LogP contribution in [0.15, 0.2) is 11.6 Å². The van der Waals surface area contributed by atoms with Crippen molar-refractivity contribution in [2.24, 2.45) is 0 Å². The van der Waals surface area contributed by atoms with Gasteiger partial charge < -0.3 is 9.64 Å². The lowest BCUT2D eigenvalue weighted by atomic mass is 10.2. The zero-order valence-electron chi connectivity index (χ0n) is 11.4. The van der Waals surface area contributed by atoms with Crippen LogP contribution >= 0.6 is 0 Å². The van der Waals surface area contributed by atoms with Crippen molar-refractivity contribution < 1.29 is 14.3 Å². The van der Waals surface area contributed by atoms with E-state index < -0.39 is 0 Å². The van der Waals surface area contributed by atoms with Gasteiger partial charge in [-0.25, -0.2) is 4.79 Å². The zero-order valence-corrected chi connectivity index (χ0v) is 11.4. The normalized spacial score (nSPS) is 17.7. The van der Waals surface area contributed by atoms with E-state index in [0.29, 0.717) is 12.0 Å². The summed E-state index contributed by atoms with van der Waals surface area (Å²) in [6.45, 7) is 7.52. The molecular weight excluding hydrogens is 232 g/mol. The highest BCUT2D eigenvalue weighted by Gasteiger charge is 2.18. The lowest BCUT2D eigenvalue weighted by Gasteiger charge is -2.33. The van der Waals surface area contributed by atoms with Crippen LogP contribution in [0.5, 0.6) is 0 Å². The van der Waals surface area contributed by atoms with E-state index in [1.54, 1.807) is 6.92 Å². The van der Waals surface area contributed by atoms with Crippen LogP contribution < -0.4 is 0 Å². The van der Waals surface area contributed by atoms with Crippen molar-refractivity contribution in [3.05, 3.63) is 11.6 Å². The predicted octanol–water partition coefficient (Wildman–Crippen LogP) is 0.660. The number of piperazine rings is 1. The van der Waals surface area contributed by atoms with E-state index in [4.69, 9.17) is 4.74 Å². The molecule has 102 valence electrons. The molecular formula is C13H22N2O3. The topological polar surface area (TPSA) is 49.9 Å². The number of rotatable bonds is 4. The summed E-state index contributed by atoms with van der Waals surface area (Å²) in [5.74, 6) is -0.117. The van der Waals surface area contributed by atoms with E-state index in [-0.39, 0.29) is 11.9 Å². The van der Waals surface area contributed by atoms with Crippen LogP contribution in [0.2, 0.25) is 0 Å². The Bertz CT molecular complexity index is 331. The summed E-state index contributed by atoms with van der Waals surface area (Å²) < 4.78 is 4.71. The van der Waals surface area contributed by atoms with E-state index in [1.807, 2.05) is 17.9 Å². The minimum Gasteiger partial charge on any atom is -0.466 e. The van der Waals surface area contributed by atoms with Crippen LogP contribution in [0.1, 0.15) is 20.3 Å². The van der Waals surface area contributed by atoms with Gasteiger partial charge in [0.05, 0.1) is 7.11 Å². The van der Waals surface area contributed by atoms with Gasteiger partial charge in [-0.2, -0.15) is 0 Å². The Labute approximate surface area is 108 Å². The first kappa shape index (κ1) is 14.7. The number of esters is 1. The van der Waals surface area contributed by atoms with E-state index in [9.17, 15) is 9.59 Å². The summed E-state index contributed by atoms with van der Waals surface area (Å²) in [5.41, 5.74) is 0.714. The molecule has 0 bridgehead atoms. The summed E-state index contributed by atoms with van der Waals surface area (Å²) in [4.78, 5) is 26.7. The molecule has 0 N–H and O–H groups in total. The number of hydrogen-bond donors (Lipinski definition) is 0. The molecule has 1 aliphatic heterocycles. The second-order valence-electron chi connectivity index (χ2n) is 4.38. The molecule has 0 aromatic carbocycles. The molecule has 0 radical (unpaired) electrons. The largest absolute Gasteiger partial charge is 0.466 e. The number of hydrogen-bond acceptors (Lipinski definition) is 4. The molecule has 1 rings (SSSR count). The molecule has 1 saturated heterocycles. The van der Waals surface area contributed by atoms with Gasteiger partial charge in [-0.15, -0.1) is 0 Å². The van der Waals surface area contributed by atoms with E-state index in [1.165, 1.54) is 7.11 Å². The first-order valence-electron chi connectivity index (χ1n) is 6.33. The highest BCUT2D eigenvalue weighted by molar-refractivity contribution is 5.88. The average molecular weight is 254 g/mol. The minimum absolute atomic E-state index is 0.133. The van der Waals surface area contributed by atoms with Crippen molar-refractivity contribution in [3.8, 4) is 0 Å². The fourth-order valence-corrected chi connectivity index (χ4v) is 1.99. The van der Waals surface area contributed by atoms with Gasteiger partial charge in [0.2, 0.25) is 5.91 Å². The Hall–Kier alpha value is -1.36. The van der Waals surface area contributed by atoms with Gasteiger partial charge in [-0.3, -0.25) is 9.69 Å². The fourth-order valence-electron chi connectivity index (χ4n) is 1.99. The molecule has 0 saturated carbocycles. The molecule has 5 heteroatoms. The van der Waals surface area contributed by atoms with Crippen LogP contribution in [-0.2, 0) is 14.3 Å². The Morgan fingerprint density at radius 3 is 2.28 bits per heavy atom. The van der Waals surface area contributed by atoms with E-state index in [0.717, 1.165) is 32.7 Å². The molecule has 18 heavy (non-hydrogen) atoms. The van der Waals surface area contributed by atoms with Gasteiger partial charge in [0.15, 0.2) is 0 Å². The van der Waals surface area contributed by atoms with Gasteiger partial charge in [0.25, 0.3) is 0 Å². The van der Waals surface area contributed by atoms with Gasteiger partial charge in [-0.1, -0.05) is 13.0 Å². The molecule has 0 aliphatic carbocycles. The maximum atomic E-state index is 11.4. The van der Waals surface area contributed by atoms with Crippen molar-refractivity contribution in [1.29, 1.82) is 0 Å². The van der Waals surface area contributed by atoms with Crippen LogP contribution in [0.4, 0.5) is 0 Å². The number of carbonyl (C=O) groups excluding carboxylic acids is 2. The Morgan fingerprint density at radius 2 is 1.83 bits per heavy atom. The van der Waals surface area contributed by atoms with Crippen molar-refractivity contribution in [1.82, 2.24) is 9.80 Å². The summed E-state index contributed by atoms with van der Waals surface area (Å²) >= 11 is 0. The summed E-state index contributed by atoms with van der Waals surface area (Å²) in [6, 6.07) is 0. The molecule has 1 heterocycles. The molecule has 1 amide bonds. The summed E-state index contributed by atoms with van der Waals surface area (Å²) in [6.07, 6.45) is 2.61. The van der Waals surface area contributed by atoms with Gasteiger partial charge in [-0.05, 0) is 6.42 Å². The Morgan fingerprint density at radius 1 is 1.22 bits per heavy atom. The maximum absolute atomic E-state index is 11.4. The average Bonchev–Trinajstić information content (AvgIpc) is 2.39. The van der Waals surface area contributed by atoms with Crippen LogP contribution in [0.3, 0.4) is 0 Å². The van der Waals surface area contributed by atoms with Gasteiger partial charge in [0, 0.05) is 45.2 Å². The second-order valence-corrected chi connectivity index (χ2v) is 4.38. The zero-order chi connectivity index (χ0) is 13.5. The number of amides is 1. The van der Waals surface area contributed by atoms with Crippen LogP contribution in [-0.4, -0.2) is 61.5 Å². The summed E-state index contributed by atoms with van der Waals surface area (Å²) in [7, 11) is 1.40. The Balaban J connectivity index is 2.43. The molecule has 0 unspecified atom stereocenters. The second kappa shape index (κ2) is 7.16. The summed E-state index contributed by atoms with van der Waals surface area (Å²) in [5, 5.41) is 0. The first-order chi connectivity index (χ1) is 8.58. The number of carbonyl (C=O) groups is 2. The first-order valence-corrected chi connectivity index (χ1v) is 6.33. The van der Waals surface area contributed by atoms with Crippen molar-refractivity contribution in [2.45, 2.75) is 20.3 Å². The lowest BCUT2D eigenvalue weighted by Crippen LogP contribution is -2.47. The number of methoxy groups -OCH3 is 1. The fraction of sp³-hybridized carbons (Fsp3) is 0.692. The van der Waals surface area contributed by atoms with Crippen LogP contribution in [0, 0.1) is 0 Å². The molecule has 1 aliphatic rings. The van der Waals surface area contributed by atoms with Crippen molar-refractivity contribution in [2.75, 3.05) is 39.8 Å².